The van der Waals surface area contributed by atoms with Gasteiger partial charge in [0, 0.05) is 13.5 Å². The van der Waals surface area contributed by atoms with Crippen LogP contribution in [-0.4, -0.2) is 82.4 Å². The van der Waals surface area contributed by atoms with Gasteiger partial charge < -0.3 is 24.8 Å². The van der Waals surface area contributed by atoms with E-state index in [-0.39, 0.29) is 13.0 Å². The second kappa shape index (κ2) is 8.34. The number of carbonyl (C=O) groups excluding carboxylic acids is 3. The van der Waals surface area contributed by atoms with Crippen molar-refractivity contribution in [2.45, 2.75) is 76.9 Å². The summed E-state index contributed by atoms with van der Waals surface area (Å²) < 4.78 is 10.8. The molecule has 2 rings (SSSR count). The minimum Gasteiger partial charge on any atom is -0.480 e. The Morgan fingerprint density at radius 3 is 2.50 bits per heavy atom. The van der Waals surface area contributed by atoms with Crippen LogP contribution < -0.4 is 5.32 Å². The zero-order valence-corrected chi connectivity index (χ0v) is 16.9. The topological polar surface area (TPSA) is 125 Å². The quantitative estimate of drug-likeness (QED) is 0.707. The second-order valence-corrected chi connectivity index (χ2v) is 8.12. The van der Waals surface area contributed by atoms with Gasteiger partial charge >= 0.3 is 12.1 Å². The average molecular weight is 399 g/mol. The molecule has 0 aromatic carbocycles. The van der Waals surface area contributed by atoms with Gasteiger partial charge in [-0.05, 0) is 40.5 Å². The van der Waals surface area contributed by atoms with Crippen LogP contribution in [0.2, 0.25) is 0 Å². The van der Waals surface area contributed by atoms with E-state index in [2.05, 4.69) is 5.32 Å². The zero-order valence-electron chi connectivity index (χ0n) is 16.9. The van der Waals surface area contributed by atoms with Gasteiger partial charge in [0.15, 0.2) is 0 Å². The number of hydrogen-bond acceptors (Lipinski definition) is 6. The molecule has 0 aliphatic carbocycles. The molecule has 2 heterocycles. The third-order valence-corrected chi connectivity index (χ3v) is 4.85. The number of fused-ring (bicyclic) bond motifs is 1. The fourth-order valence-corrected chi connectivity index (χ4v) is 3.20. The molecule has 2 saturated heterocycles. The van der Waals surface area contributed by atoms with Crippen LogP contribution in [0.25, 0.3) is 0 Å². The van der Waals surface area contributed by atoms with Crippen LogP contribution in [-0.2, 0) is 23.9 Å². The highest BCUT2D eigenvalue weighted by atomic mass is 16.6. The molecule has 28 heavy (non-hydrogen) atoms. The Balaban J connectivity index is 2.04. The first-order valence-corrected chi connectivity index (χ1v) is 9.35. The van der Waals surface area contributed by atoms with Gasteiger partial charge in [-0.25, -0.2) is 9.59 Å². The SMILES string of the molecule is C[C@H](C(=O)N[C@H]1CCO[C@H]2CC[C@H](C(=O)O)N2C1=O)N(C)C(=O)OC(C)(C)C. The van der Waals surface area contributed by atoms with Crippen LogP contribution in [0.5, 0.6) is 0 Å². The molecular formula is C18H29N3O7. The van der Waals surface area contributed by atoms with Gasteiger partial charge in [-0.15, -0.1) is 0 Å². The Hall–Kier alpha value is -2.36. The number of nitrogens with one attached hydrogen (secondary N) is 1. The molecule has 2 N–H and O–H groups in total. The molecule has 2 fully saturated rings. The summed E-state index contributed by atoms with van der Waals surface area (Å²) in [4.78, 5) is 51.4. The maximum absolute atomic E-state index is 12.9. The van der Waals surface area contributed by atoms with Crippen LogP contribution in [0, 0.1) is 0 Å². The van der Waals surface area contributed by atoms with Crippen LogP contribution >= 0.6 is 0 Å². The molecule has 0 spiro atoms. The van der Waals surface area contributed by atoms with E-state index in [1.807, 2.05) is 0 Å². The Morgan fingerprint density at radius 2 is 1.93 bits per heavy atom. The van der Waals surface area contributed by atoms with E-state index in [9.17, 15) is 24.3 Å². The molecule has 0 bridgehead atoms. The van der Waals surface area contributed by atoms with Crippen molar-refractivity contribution >= 4 is 23.9 Å². The van der Waals surface area contributed by atoms with Crippen molar-refractivity contribution < 1.29 is 33.8 Å². The lowest BCUT2D eigenvalue weighted by Gasteiger charge is -2.30. The number of carboxylic acid groups (broad SMARTS) is 1. The molecule has 2 aliphatic heterocycles. The smallest absolute Gasteiger partial charge is 0.410 e. The predicted molar refractivity (Wildman–Crippen MR) is 97.3 cm³/mol. The van der Waals surface area contributed by atoms with E-state index in [4.69, 9.17) is 9.47 Å². The molecule has 4 atom stereocenters. The van der Waals surface area contributed by atoms with Gasteiger partial charge in [-0.3, -0.25) is 14.5 Å². The highest BCUT2D eigenvalue weighted by Gasteiger charge is 2.46. The van der Waals surface area contributed by atoms with Crippen molar-refractivity contribution in [3.05, 3.63) is 0 Å². The number of ether oxygens (including phenoxy) is 2. The van der Waals surface area contributed by atoms with Crippen LogP contribution in [0.3, 0.4) is 0 Å². The third-order valence-electron chi connectivity index (χ3n) is 4.85. The largest absolute Gasteiger partial charge is 0.480 e. The summed E-state index contributed by atoms with van der Waals surface area (Å²) in [5.74, 6) is -2.10. The van der Waals surface area contributed by atoms with Crippen molar-refractivity contribution in [3.63, 3.8) is 0 Å². The molecule has 0 aromatic heterocycles. The number of rotatable bonds is 4. The standard InChI is InChI=1S/C18H29N3O7/c1-10(20(5)17(26)28-18(2,3)4)14(22)19-11-8-9-27-13-7-6-12(16(24)25)21(13)15(11)23/h10-13H,6-9H2,1-5H3,(H,19,22)(H,24,25)/t10-,11+,12-,13+/m1/s1. The zero-order chi connectivity index (χ0) is 21.2. The van der Waals surface area contributed by atoms with Crippen molar-refractivity contribution in [2.75, 3.05) is 13.7 Å². The summed E-state index contributed by atoms with van der Waals surface area (Å²) in [5.41, 5.74) is -0.702. The van der Waals surface area contributed by atoms with Crippen LogP contribution in [0.1, 0.15) is 47.0 Å². The van der Waals surface area contributed by atoms with E-state index in [1.165, 1.54) is 18.9 Å². The van der Waals surface area contributed by atoms with E-state index < -0.39 is 53.8 Å². The summed E-state index contributed by atoms with van der Waals surface area (Å²) in [6.07, 6.45) is -0.258. The van der Waals surface area contributed by atoms with Crippen LogP contribution in [0.15, 0.2) is 0 Å². The summed E-state index contributed by atoms with van der Waals surface area (Å²) in [5, 5.41) is 12.0. The maximum atomic E-state index is 12.9. The molecule has 0 unspecified atom stereocenters. The average Bonchev–Trinajstić information content (AvgIpc) is 2.95. The molecule has 158 valence electrons. The van der Waals surface area contributed by atoms with Crippen molar-refractivity contribution in [1.82, 2.24) is 15.1 Å². The normalized spacial score (nSPS) is 26.1. The summed E-state index contributed by atoms with van der Waals surface area (Å²) in [6.45, 7) is 6.91. The fraction of sp³-hybridized carbons (Fsp3) is 0.778. The first-order valence-electron chi connectivity index (χ1n) is 9.35. The van der Waals surface area contributed by atoms with Gasteiger partial charge in [-0.2, -0.15) is 0 Å². The molecular weight excluding hydrogens is 370 g/mol. The fourth-order valence-electron chi connectivity index (χ4n) is 3.20. The lowest BCUT2D eigenvalue weighted by atomic mass is 10.1. The Kier molecular flexibility index (Phi) is 6.53. The highest BCUT2D eigenvalue weighted by Crippen LogP contribution is 2.29. The lowest BCUT2D eigenvalue weighted by molar-refractivity contribution is -0.155. The minimum absolute atomic E-state index is 0.223. The monoisotopic (exact) mass is 399 g/mol. The first-order chi connectivity index (χ1) is 12.9. The van der Waals surface area contributed by atoms with Crippen LogP contribution in [0.4, 0.5) is 4.79 Å². The highest BCUT2D eigenvalue weighted by molar-refractivity contribution is 5.93. The maximum Gasteiger partial charge on any atom is 0.410 e. The number of hydrogen-bond donors (Lipinski definition) is 2. The number of likely N-dealkylation sites (N-methyl/N-ethyl adjacent to an activating group) is 1. The number of aliphatic carboxylic acids is 1. The van der Waals surface area contributed by atoms with Gasteiger partial charge in [0.1, 0.15) is 30.0 Å². The van der Waals surface area contributed by atoms with Gasteiger partial charge in [0.2, 0.25) is 11.8 Å². The van der Waals surface area contributed by atoms with E-state index in [0.29, 0.717) is 12.8 Å². The van der Waals surface area contributed by atoms with E-state index in [1.54, 1.807) is 20.8 Å². The Labute approximate surface area is 164 Å². The lowest BCUT2D eigenvalue weighted by Crippen LogP contribution is -2.56. The predicted octanol–water partition coefficient (Wildman–Crippen LogP) is 0.549. The van der Waals surface area contributed by atoms with Gasteiger partial charge in [0.05, 0.1) is 6.61 Å². The number of carbonyl (C=O) groups is 4. The third kappa shape index (κ3) is 4.92. The van der Waals surface area contributed by atoms with Gasteiger partial charge in [-0.1, -0.05) is 0 Å². The molecule has 10 heteroatoms. The molecule has 0 aromatic rings. The second-order valence-electron chi connectivity index (χ2n) is 8.12. The molecule has 10 nitrogen and oxygen atoms in total. The summed E-state index contributed by atoms with van der Waals surface area (Å²) in [6, 6.07) is -2.75. The van der Waals surface area contributed by atoms with E-state index >= 15 is 0 Å². The van der Waals surface area contributed by atoms with Crippen molar-refractivity contribution in [2.24, 2.45) is 0 Å². The first kappa shape index (κ1) is 21.9. The molecule has 0 radical (unpaired) electrons. The summed E-state index contributed by atoms with van der Waals surface area (Å²) in [7, 11) is 1.44. The number of carboxylic acids is 1. The number of amides is 3. The molecule has 0 saturated carbocycles. The summed E-state index contributed by atoms with van der Waals surface area (Å²) >= 11 is 0. The van der Waals surface area contributed by atoms with Gasteiger partial charge in [0.25, 0.3) is 0 Å². The minimum atomic E-state index is -1.09. The van der Waals surface area contributed by atoms with E-state index in [0.717, 1.165) is 4.90 Å². The Bertz CT molecular complexity index is 646. The Morgan fingerprint density at radius 1 is 1.29 bits per heavy atom. The van der Waals surface area contributed by atoms with Crippen molar-refractivity contribution in [1.29, 1.82) is 0 Å². The molecule has 3 amide bonds. The molecule has 2 aliphatic rings. The number of nitrogens with zero attached hydrogens (tertiary/aromatic N) is 2. The van der Waals surface area contributed by atoms with Crippen molar-refractivity contribution in [3.8, 4) is 0 Å².